The van der Waals surface area contributed by atoms with Crippen molar-refractivity contribution in [3.8, 4) is 0 Å². The lowest BCUT2D eigenvalue weighted by Gasteiger charge is -2.14. The standard InChI is InChI=1S/C14H16N4O4S/c19-12(20)7-4-8-18-14(15-16-17-18)23-11(9-13(21)22)10-5-2-1-3-6-10/h1-3,5-6,11H,4,7-9H2,(H,19,20)(H,21,22). The number of nitrogens with zero attached hydrogens (tertiary/aromatic N) is 4. The molecule has 0 aliphatic carbocycles. The maximum absolute atomic E-state index is 11.1. The Kier molecular flexibility index (Phi) is 6.10. The molecule has 122 valence electrons. The largest absolute Gasteiger partial charge is 0.481 e. The second kappa shape index (κ2) is 8.28. The molecule has 2 aromatic rings. The molecular weight excluding hydrogens is 320 g/mol. The minimum absolute atomic E-state index is 0.0290. The third kappa shape index (κ3) is 5.37. The van der Waals surface area contributed by atoms with Gasteiger partial charge in [-0.05, 0) is 22.4 Å². The second-order valence-corrected chi connectivity index (χ2v) is 5.97. The van der Waals surface area contributed by atoms with E-state index in [0.717, 1.165) is 5.56 Å². The summed E-state index contributed by atoms with van der Waals surface area (Å²) in [4.78, 5) is 21.7. The second-order valence-electron chi connectivity index (χ2n) is 4.80. The number of aryl methyl sites for hydroxylation is 1. The molecule has 0 aliphatic rings. The van der Waals surface area contributed by atoms with Crippen LogP contribution in [0.5, 0.6) is 0 Å². The van der Waals surface area contributed by atoms with Gasteiger partial charge in [0.1, 0.15) is 0 Å². The lowest BCUT2D eigenvalue weighted by atomic mass is 10.1. The molecule has 1 unspecified atom stereocenters. The van der Waals surface area contributed by atoms with Gasteiger partial charge in [-0.2, -0.15) is 0 Å². The Bertz CT molecular complexity index is 662. The van der Waals surface area contributed by atoms with Gasteiger partial charge in [0, 0.05) is 18.2 Å². The molecule has 1 aromatic heterocycles. The van der Waals surface area contributed by atoms with Crippen LogP contribution in [-0.2, 0) is 16.1 Å². The van der Waals surface area contributed by atoms with Crippen molar-refractivity contribution in [1.29, 1.82) is 0 Å². The van der Waals surface area contributed by atoms with Gasteiger partial charge in [0.25, 0.3) is 0 Å². The molecule has 0 spiro atoms. The number of carboxylic acid groups (broad SMARTS) is 2. The first-order valence-electron chi connectivity index (χ1n) is 6.97. The van der Waals surface area contributed by atoms with Gasteiger partial charge in [-0.15, -0.1) is 5.10 Å². The molecule has 1 atom stereocenters. The lowest BCUT2D eigenvalue weighted by molar-refractivity contribution is -0.138. The third-order valence-electron chi connectivity index (χ3n) is 3.04. The molecule has 0 radical (unpaired) electrons. The summed E-state index contributed by atoms with van der Waals surface area (Å²) in [5, 5.41) is 29.3. The molecule has 0 aliphatic heterocycles. The Morgan fingerprint density at radius 1 is 1.17 bits per heavy atom. The Morgan fingerprint density at radius 2 is 1.91 bits per heavy atom. The number of rotatable bonds is 9. The summed E-state index contributed by atoms with van der Waals surface area (Å²) < 4.78 is 1.51. The van der Waals surface area contributed by atoms with E-state index in [9.17, 15) is 9.59 Å². The molecule has 1 aromatic carbocycles. The van der Waals surface area contributed by atoms with E-state index < -0.39 is 11.9 Å². The van der Waals surface area contributed by atoms with Crippen LogP contribution in [0.2, 0.25) is 0 Å². The number of hydrogen-bond acceptors (Lipinski definition) is 6. The van der Waals surface area contributed by atoms with Crippen molar-refractivity contribution in [3.05, 3.63) is 35.9 Å². The number of benzene rings is 1. The van der Waals surface area contributed by atoms with Gasteiger partial charge >= 0.3 is 11.9 Å². The van der Waals surface area contributed by atoms with Crippen LogP contribution in [0.3, 0.4) is 0 Å². The molecule has 0 fully saturated rings. The first kappa shape index (κ1) is 16.9. The zero-order valence-corrected chi connectivity index (χ0v) is 13.0. The molecule has 23 heavy (non-hydrogen) atoms. The lowest BCUT2D eigenvalue weighted by Crippen LogP contribution is -2.08. The van der Waals surface area contributed by atoms with E-state index in [2.05, 4.69) is 15.5 Å². The first-order chi connectivity index (χ1) is 11.1. The van der Waals surface area contributed by atoms with Crippen LogP contribution in [0.1, 0.15) is 30.1 Å². The minimum atomic E-state index is -0.906. The molecule has 8 nitrogen and oxygen atoms in total. The van der Waals surface area contributed by atoms with Crippen molar-refractivity contribution in [2.75, 3.05) is 0 Å². The van der Waals surface area contributed by atoms with Gasteiger partial charge < -0.3 is 10.2 Å². The number of carbonyl (C=O) groups is 2. The SMILES string of the molecule is O=C(O)CCCn1nnnc1SC(CC(=O)O)c1ccccc1. The van der Waals surface area contributed by atoms with Crippen LogP contribution < -0.4 is 0 Å². The van der Waals surface area contributed by atoms with Gasteiger partial charge in [0.15, 0.2) is 0 Å². The zero-order chi connectivity index (χ0) is 16.7. The Balaban J connectivity index is 2.09. The third-order valence-corrected chi connectivity index (χ3v) is 4.27. The van der Waals surface area contributed by atoms with Crippen LogP contribution >= 0.6 is 11.8 Å². The summed E-state index contributed by atoms with van der Waals surface area (Å²) in [6.07, 6.45) is 0.376. The maximum Gasteiger partial charge on any atom is 0.304 e. The molecule has 9 heteroatoms. The van der Waals surface area contributed by atoms with Crippen molar-refractivity contribution in [2.24, 2.45) is 0 Å². The molecule has 1 heterocycles. The van der Waals surface area contributed by atoms with E-state index in [1.807, 2.05) is 30.3 Å². The number of hydrogen-bond donors (Lipinski definition) is 2. The highest BCUT2D eigenvalue weighted by molar-refractivity contribution is 7.99. The quantitative estimate of drug-likeness (QED) is 0.666. The number of carboxylic acids is 2. The van der Waals surface area contributed by atoms with E-state index in [-0.39, 0.29) is 18.1 Å². The fourth-order valence-electron chi connectivity index (χ4n) is 1.98. The summed E-state index contributed by atoms with van der Waals surface area (Å²) in [7, 11) is 0. The molecule has 2 rings (SSSR count). The average molecular weight is 336 g/mol. The predicted molar refractivity (Wildman–Crippen MR) is 82.0 cm³/mol. The summed E-state index contributed by atoms with van der Waals surface area (Å²) in [6, 6.07) is 9.28. The highest BCUT2D eigenvalue weighted by Crippen LogP contribution is 2.36. The number of aromatic nitrogens is 4. The molecule has 0 bridgehead atoms. The van der Waals surface area contributed by atoms with Crippen LogP contribution in [0.15, 0.2) is 35.5 Å². The van der Waals surface area contributed by atoms with Gasteiger partial charge in [0.05, 0.1) is 6.42 Å². The fourth-order valence-corrected chi connectivity index (χ4v) is 3.09. The van der Waals surface area contributed by atoms with E-state index in [0.29, 0.717) is 18.1 Å². The summed E-state index contributed by atoms with van der Waals surface area (Å²) >= 11 is 1.26. The monoisotopic (exact) mass is 336 g/mol. The molecule has 0 saturated carbocycles. The Hall–Kier alpha value is -2.42. The normalized spacial score (nSPS) is 12.0. The van der Waals surface area contributed by atoms with E-state index in [1.165, 1.54) is 16.4 Å². The predicted octanol–water partition coefficient (Wildman–Crippen LogP) is 1.85. The zero-order valence-electron chi connectivity index (χ0n) is 12.2. The van der Waals surface area contributed by atoms with Crippen LogP contribution in [0.25, 0.3) is 0 Å². The molecule has 0 amide bonds. The van der Waals surface area contributed by atoms with Crippen molar-refractivity contribution < 1.29 is 19.8 Å². The maximum atomic E-state index is 11.1. The van der Waals surface area contributed by atoms with Gasteiger partial charge in [0.2, 0.25) is 5.16 Å². The molecule has 2 N–H and O–H groups in total. The number of thioether (sulfide) groups is 1. The topological polar surface area (TPSA) is 118 Å². The highest BCUT2D eigenvalue weighted by Gasteiger charge is 2.20. The van der Waals surface area contributed by atoms with E-state index >= 15 is 0 Å². The molecule has 0 saturated heterocycles. The summed E-state index contributed by atoms with van der Waals surface area (Å²) in [6.45, 7) is 0.371. The molecular formula is C14H16N4O4S. The van der Waals surface area contributed by atoms with Crippen molar-refractivity contribution >= 4 is 23.7 Å². The van der Waals surface area contributed by atoms with Crippen LogP contribution in [-0.4, -0.2) is 42.4 Å². The van der Waals surface area contributed by atoms with E-state index in [1.54, 1.807) is 0 Å². The summed E-state index contributed by atoms with van der Waals surface area (Å²) in [5.41, 5.74) is 0.875. The van der Waals surface area contributed by atoms with Crippen molar-refractivity contribution in [2.45, 2.75) is 36.2 Å². The van der Waals surface area contributed by atoms with Crippen LogP contribution in [0, 0.1) is 0 Å². The number of tetrazole rings is 1. The smallest absolute Gasteiger partial charge is 0.304 e. The minimum Gasteiger partial charge on any atom is -0.481 e. The van der Waals surface area contributed by atoms with Gasteiger partial charge in [-0.1, -0.05) is 42.1 Å². The van der Waals surface area contributed by atoms with Gasteiger partial charge in [-0.25, -0.2) is 4.68 Å². The first-order valence-corrected chi connectivity index (χ1v) is 7.85. The van der Waals surface area contributed by atoms with Crippen LogP contribution in [0.4, 0.5) is 0 Å². The summed E-state index contributed by atoms with van der Waals surface area (Å²) in [5.74, 6) is -1.78. The fraction of sp³-hybridized carbons (Fsp3) is 0.357. The number of aliphatic carboxylic acids is 2. The Morgan fingerprint density at radius 3 is 2.57 bits per heavy atom. The van der Waals surface area contributed by atoms with E-state index in [4.69, 9.17) is 10.2 Å². The van der Waals surface area contributed by atoms with Crippen molar-refractivity contribution in [1.82, 2.24) is 20.2 Å². The Labute approximate surface area is 136 Å². The average Bonchev–Trinajstić information content (AvgIpc) is 2.94. The highest BCUT2D eigenvalue weighted by atomic mass is 32.2. The van der Waals surface area contributed by atoms with Gasteiger partial charge in [-0.3, -0.25) is 9.59 Å². The van der Waals surface area contributed by atoms with Crippen molar-refractivity contribution in [3.63, 3.8) is 0 Å².